The van der Waals surface area contributed by atoms with E-state index in [4.69, 9.17) is 11.6 Å². The van der Waals surface area contributed by atoms with Crippen LogP contribution in [0.2, 0.25) is 5.02 Å². The van der Waals surface area contributed by atoms with Crippen molar-refractivity contribution >= 4 is 23.4 Å². The van der Waals surface area contributed by atoms with E-state index in [2.05, 4.69) is 0 Å². The van der Waals surface area contributed by atoms with Gasteiger partial charge in [0, 0.05) is 15.2 Å². The Kier molecular flexibility index (Phi) is 4.70. The maximum absolute atomic E-state index is 10.3. The number of rotatable bonds is 4. The molecule has 18 heavy (non-hydrogen) atoms. The fourth-order valence-corrected chi connectivity index (χ4v) is 2.85. The van der Waals surface area contributed by atoms with Crippen LogP contribution in [0.3, 0.4) is 0 Å². The predicted molar refractivity (Wildman–Crippen MR) is 78.2 cm³/mol. The average Bonchev–Trinajstić information content (AvgIpc) is 2.41. The first-order chi connectivity index (χ1) is 8.66. The minimum atomic E-state index is -0.466. The molecule has 0 amide bonds. The Morgan fingerprint density at radius 1 is 1.00 bits per heavy atom. The van der Waals surface area contributed by atoms with Crippen LogP contribution in [-0.4, -0.2) is 10.4 Å². The molecule has 0 unspecified atom stereocenters. The van der Waals surface area contributed by atoms with Crippen LogP contribution < -0.4 is 0 Å². The maximum atomic E-state index is 10.3. The summed E-state index contributed by atoms with van der Waals surface area (Å²) >= 11 is 7.49. The number of benzene rings is 2. The van der Waals surface area contributed by atoms with Crippen molar-refractivity contribution in [2.24, 2.45) is 0 Å². The molecule has 0 spiro atoms. The average molecular weight is 279 g/mol. The van der Waals surface area contributed by atoms with Crippen molar-refractivity contribution in [3.63, 3.8) is 0 Å². The van der Waals surface area contributed by atoms with Gasteiger partial charge in [-0.05, 0) is 29.8 Å². The van der Waals surface area contributed by atoms with Crippen LogP contribution in [0.4, 0.5) is 0 Å². The highest BCUT2D eigenvalue weighted by Gasteiger charge is 2.17. The highest BCUT2D eigenvalue weighted by Crippen LogP contribution is 2.32. The Morgan fingerprint density at radius 3 is 2.22 bits per heavy atom. The Bertz CT molecular complexity index is 484. The minimum absolute atomic E-state index is 0.0913. The monoisotopic (exact) mass is 278 g/mol. The number of hydrogen-bond acceptors (Lipinski definition) is 2. The lowest BCUT2D eigenvalue weighted by Gasteiger charge is -2.18. The summed E-state index contributed by atoms with van der Waals surface area (Å²) in [5, 5.41) is 11.1. The van der Waals surface area contributed by atoms with Crippen molar-refractivity contribution in [2.45, 2.75) is 23.2 Å². The van der Waals surface area contributed by atoms with Crippen molar-refractivity contribution in [3.05, 3.63) is 65.2 Å². The van der Waals surface area contributed by atoms with Crippen molar-refractivity contribution in [1.29, 1.82) is 0 Å². The summed E-state index contributed by atoms with van der Waals surface area (Å²) in [5.74, 6) is 0. The molecule has 0 bridgehead atoms. The topological polar surface area (TPSA) is 20.2 Å². The maximum Gasteiger partial charge on any atom is 0.0909 e. The lowest BCUT2D eigenvalue weighted by molar-refractivity contribution is 0.179. The summed E-state index contributed by atoms with van der Waals surface area (Å²) in [7, 11) is 0. The van der Waals surface area contributed by atoms with Gasteiger partial charge in [0.05, 0.1) is 6.10 Å². The normalized spacial score (nSPS) is 14.2. The van der Waals surface area contributed by atoms with Crippen molar-refractivity contribution in [3.8, 4) is 0 Å². The highest BCUT2D eigenvalue weighted by atomic mass is 35.5. The van der Waals surface area contributed by atoms with Crippen molar-refractivity contribution in [2.75, 3.05) is 0 Å². The van der Waals surface area contributed by atoms with E-state index >= 15 is 0 Å². The highest BCUT2D eigenvalue weighted by molar-refractivity contribution is 8.00. The Balaban J connectivity index is 2.03. The van der Waals surface area contributed by atoms with E-state index < -0.39 is 6.10 Å². The van der Waals surface area contributed by atoms with Gasteiger partial charge < -0.3 is 5.11 Å². The largest absolute Gasteiger partial charge is 0.387 e. The van der Waals surface area contributed by atoms with Crippen LogP contribution >= 0.6 is 23.4 Å². The molecule has 0 aliphatic rings. The van der Waals surface area contributed by atoms with Gasteiger partial charge in [-0.25, -0.2) is 0 Å². The first kappa shape index (κ1) is 13.5. The smallest absolute Gasteiger partial charge is 0.0909 e. The number of thioether (sulfide) groups is 1. The third kappa shape index (κ3) is 3.52. The zero-order valence-electron chi connectivity index (χ0n) is 10.1. The molecule has 0 saturated carbocycles. The quantitative estimate of drug-likeness (QED) is 0.828. The van der Waals surface area contributed by atoms with E-state index in [0.29, 0.717) is 0 Å². The Labute approximate surface area is 117 Å². The number of aliphatic hydroxyl groups excluding tert-OH is 1. The standard InChI is InChI=1S/C15H15ClOS/c1-11(15(17)12-5-3-2-4-6-12)18-14-9-7-13(16)8-10-14/h2-11,15,17H,1H3/t11-,15-/m0/s1. The second kappa shape index (κ2) is 6.28. The van der Waals surface area contributed by atoms with E-state index in [1.807, 2.05) is 61.5 Å². The van der Waals surface area contributed by atoms with Crippen LogP contribution in [0.25, 0.3) is 0 Å². The summed E-state index contributed by atoms with van der Waals surface area (Å²) in [6.07, 6.45) is -0.466. The van der Waals surface area contributed by atoms with Gasteiger partial charge in [-0.1, -0.05) is 48.9 Å². The molecule has 1 nitrogen and oxygen atoms in total. The lowest BCUT2D eigenvalue weighted by atomic mass is 10.1. The summed E-state index contributed by atoms with van der Waals surface area (Å²) in [5.41, 5.74) is 0.950. The third-order valence-electron chi connectivity index (χ3n) is 2.72. The summed E-state index contributed by atoms with van der Waals surface area (Å²) in [6, 6.07) is 17.4. The van der Waals surface area contributed by atoms with E-state index in [1.165, 1.54) is 0 Å². The molecular formula is C15H15ClOS. The molecule has 2 aromatic rings. The number of hydrogen-bond donors (Lipinski definition) is 1. The molecular weight excluding hydrogens is 264 g/mol. The minimum Gasteiger partial charge on any atom is -0.387 e. The zero-order chi connectivity index (χ0) is 13.0. The molecule has 0 aromatic heterocycles. The molecule has 94 valence electrons. The molecule has 2 rings (SSSR count). The molecule has 0 fully saturated rings. The second-order valence-corrected chi connectivity index (χ2v) is 6.02. The van der Waals surface area contributed by atoms with Gasteiger partial charge in [0.2, 0.25) is 0 Å². The van der Waals surface area contributed by atoms with E-state index in [-0.39, 0.29) is 5.25 Å². The Morgan fingerprint density at radius 2 is 1.61 bits per heavy atom. The van der Waals surface area contributed by atoms with Crippen LogP contribution in [0.1, 0.15) is 18.6 Å². The van der Waals surface area contributed by atoms with Gasteiger partial charge >= 0.3 is 0 Å². The molecule has 0 heterocycles. The molecule has 2 atom stereocenters. The Hall–Kier alpha value is -0.960. The van der Waals surface area contributed by atoms with Crippen LogP contribution in [0, 0.1) is 0 Å². The number of aliphatic hydroxyl groups is 1. The van der Waals surface area contributed by atoms with Gasteiger partial charge in [-0.3, -0.25) is 0 Å². The van der Waals surface area contributed by atoms with E-state index in [1.54, 1.807) is 11.8 Å². The summed E-state index contributed by atoms with van der Waals surface area (Å²) in [4.78, 5) is 1.11. The van der Waals surface area contributed by atoms with Gasteiger partial charge in [0.25, 0.3) is 0 Å². The summed E-state index contributed by atoms with van der Waals surface area (Å²) in [6.45, 7) is 2.02. The van der Waals surface area contributed by atoms with Gasteiger partial charge in [0.15, 0.2) is 0 Å². The molecule has 0 saturated heterocycles. The SMILES string of the molecule is C[C@H](Sc1ccc(Cl)cc1)[C@H](O)c1ccccc1. The van der Waals surface area contributed by atoms with Crippen LogP contribution in [0.15, 0.2) is 59.5 Å². The fraction of sp³-hybridized carbons (Fsp3) is 0.200. The number of halogens is 1. The van der Waals surface area contributed by atoms with E-state index in [0.717, 1.165) is 15.5 Å². The first-order valence-electron chi connectivity index (χ1n) is 5.82. The van der Waals surface area contributed by atoms with Gasteiger partial charge in [-0.2, -0.15) is 0 Å². The fourth-order valence-electron chi connectivity index (χ4n) is 1.71. The summed E-state index contributed by atoms with van der Waals surface area (Å²) < 4.78 is 0. The van der Waals surface area contributed by atoms with Crippen LogP contribution in [0.5, 0.6) is 0 Å². The second-order valence-electron chi connectivity index (χ2n) is 4.13. The van der Waals surface area contributed by atoms with Gasteiger partial charge in [-0.15, -0.1) is 11.8 Å². The molecule has 1 N–H and O–H groups in total. The molecule has 0 radical (unpaired) electrons. The lowest BCUT2D eigenvalue weighted by Crippen LogP contribution is -2.10. The molecule has 2 aromatic carbocycles. The van der Waals surface area contributed by atoms with Crippen molar-refractivity contribution < 1.29 is 5.11 Å². The van der Waals surface area contributed by atoms with Crippen LogP contribution in [-0.2, 0) is 0 Å². The van der Waals surface area contributed by atoms with Gasteiger partial charge in [0.1, 0.15) is 0 Å². The predicted octanol–water partition coefficient (Wildman–Crippen LogP) is 4.55. The first-order valence-corrected chi connectivity index (χ1v) is 7.08. The zero-order valence-corrected chi connectivity index (χ0v) is 11.7. The molecule has 0 aliphatic carbocycles. The van der Waals surface area contributed by atoms with Crippen molar-refractivity contribution in [1.82, 2.24) is 0 Å². The molecule has 3 heteroatoms. The van der Waals surface area contributed by atoms with E-state index in [9.17, 15) is 5.11 Å². The molecule has 0 aliphatic heterocycles. The third-order valence-corrected chi connectivity index (χ3v) is 4.15.